The van der Waals surface area contributed by atoms with Gasteiger partial charge in [0.05, 0.1) is 5.56 Å². The molecule has 0 radical (unpaired) electrons. The van der Waals surface area contributed by atoms with Crippen LogP contribution in [-0.2, 0) is 0 Å². The molecule has 0 aliphatic heterocycles. The predicted molar refractivity (Wildman–Crippen MR) is 58.8 cm³/mol. The fraction of sp³-hybridized carbons (Fsp3) is 0.0833. The Labute approximate surface area is 95.4 Å². The summed E-state index contributed by atoms with van der Waals surface area (Å²) in [4.78, 5) is 12.8. The van der Waals surface area contributed by atoms with E-state index in [0.29, 0.717) is 11.6 Å². The van der Waals surface area contributed by atoms with Gasteiger partial charge in [-0.15, -0.1) is 11.3 Å². The van der Waals surface area contributed by atoms with Gasteiger partial charge in [-0.05, 0) is 25.1 Å². The molecule has 82 valence electrons. The van der Waals surface area contributed by atoms with Crippen LogP contribution in [0.3, 0.4) is 0 Å². The van der Waals surface area contributed by atoms with Gasteiger partial charge < -0.3 is 0 Å². The molecule has 0 fully saturated rings. The third kappa shape index (κ3) is 2.02. The number of benzene rings is 1. The summed E-state index contributed by atoms with van der Waals surface area (Å²) in [5.74, 6) is -1.92. The van der Waals surface area contributed by atoms with Crippen LogP contribution < -0.4 is 0 Å². The van der Waals surface area contributed by atoms with Crippen molar-refractivity contribution in [3.8, 4) is 0 Å². The van der Waals surface area contributed by atoms with E-state index >= 15 is 0 Å². The molecule has 0 N–H and O–H groups in total. The molecule has 0 unspecified atom stereocenters. The summed E-state index contributed by atoms with van der Waals surface area (Å²) < 4.78 is 26.0. The molecule has 1 nitrogen and oxygen atoms in total. The Morgan fingerprint density at radius 2 is 2.00 bits per heavy atom. The van der Waals surface area contributed by atoms with E-state index in [4.69, 9.17) is 0 Å². The van der Waals surface area contributed by atoms with E-state index in [1.165, 1.54) is 17.4 Å². The number of rotatable bonds is 2. The molecular formula is C12H8F2OS. The summed E-state index contributed by atoms with van der Waals surface area (Å²) in [7, 11) is 0. The van der Waals surface area contributed by atoms with E-state index in [1.807, 2.05) is 6.92 Å². The smallest absolute Gasteiger partial charge is 0.196 e. The Kier molecular flexibility index (Phi) is 2.83. The first kappa shape index (κ1) is 11.0. The molecule has 16 heavy (non-hydrogen) atoms. The molecule has 0 saturated heterocycles. The minimum atomic E-state index is -0.825. The number of hydrogen-bond donors (Lipinski definition) is 0. The van der Waals surface area contributed by atoms with Crippen LogP contribution in [0.2, 0.25) is 0 Å². The Hall–Kier alpha value is -1.55. The number of halogens is 2. The van der Waals surface area contributed by atoms with Crippen LogP contribution in [0.4, 0.5) is 8.78 Å². The van der Waals surface area contributed by atoms with Crippen molar-refractivity contribution in [1.82, 2.24) is 0 Å². The van der Waals surface area contributed by atoms with Gasteiger partial charge in [0, 0.05) is 21.9 Å². The van der Waals surface area contributed by atoms with Crippen LogP contribution in [0.5, 0.6) is 0 Å². The lowest BCUT2D eigenvalue weighted by Gasteiger charge is -2.00. The van der Waals surface area contributed by atoms with E-state index in [-0.39, 0.29) is 5.56 Å². The Balaban J connectivity index is 2.41. The van der Waals surface area contributed by atoms with E-state index in [0.717, 1.165) is 10.9 Å². The topological polar surface area (TPSA) is 17.1 Å². The second kappa shape index (κ2) is 4.14. The van der Waals surface area contributed by atoms with E-state index < -0.39 is 17.4 Å². The quantitative estimate of drug-likeness (QED) is 0.731. The highest BCUT2D eigenvalue weighted by Gasteiger charge is 2.15. The lowest BCUT2D eigenvalue weighted by molar-refractivity contribution is 0.103. The lowest BCUT2D eigenvalue weighted by Crippen LogP contribution is -2.03. The maximum atomic E-state index is 13.3. The van der Waals surface area contributed by atoms with E-state index in [9.17, 15) is 13.6 Å². The van der Waals surface area contributed by atoms with Crippen molar-refractivity contribution in [3.63, 3.8) is 0 Å². The molecule has 1 aromatic carbocycles. The predicted octanol–water partition coefficient (Wildman–Crippen LogP) is 3.57. The first-order valence-electron chi connectivity index (χ1n) is 4.63. The monoisotopic (exact) mass is 238 g/mol. The van der Waals surface area contributed by atoms with Crippen LogP contribution in [0.1, 0.15) is 20.8 Å². The van der Waals surface area contributed by atoms with Gasteiger partial charge in [0.15, 0.2) is 5.78 Å². The van der Waals surface area contributed by atoms with Crippen molar-refractivity contribution in [1.29, 1.82) is 0 Å². The molecule has 2 rings (SSSR count). The van der Waals surface area contributed by atoms with Crippen molar-refractivity contribution in [2.75, 3.05) is 0 Å². The molecule has 0 spiro atoms. The molecule has 2 aromatic rings. The molecule has 0 aliphatic carbocycles. The summed E-state index contributed by atoms with van der Waals surface area (Å²) in [6, 6.07) is 4.65. The average molecular weight is 238 g/mol. The maximum absolute atomic E-state index is 13.3. The standard InChI is InChI=1S/C12H8F2OS/c1-7-4-8(6-16-7)12(15)10-3-2-9(13)5-11(10)14/h2-6H,1H3. The number of aryl methyl sites for hydroxylation is 1. The minimum Gasteiger partial charge on any atom is -0.288 e. The van der Waals surface area contributed by atoms with Crippen molar-refractivity contribution in [2.24, 2.45) is 0 Å². The average Bonchev–Trinajstić information content (AvgIpc) is 2.64. The SMILES string of the molecule is Cc1cc(C(=O)c2ccc(F)cc2F)cs1. The summed E-state index contributed by atoms with van der Waals surface area (Å²) in [6.07, 6.45) is 0. The van der Waals surface area contributed by atoms with Crippen molar-refractivity contribution < 1.29 is 13.6 Å². The van der Waals surface area contributed by atoms with Crippen LogP contribution in [-0.4, -0.2) is 5.78 Å². The number of carbonyl (C=O) groups is 1. The molecule has 0 bridgehead atoms. The number of carbonyl (C=O) groups excluding carboxylic acids is 1. The second-order valence-corrected chi connectivity index (χ2v) is 4.51. The van der Waals surface area contributed by atoms with Gasteiger partial charge in [0.25, 0.3) is 0 Å². The van der Waals surface area contributed by atoms with Gasteiger partial charge in [-0.25, -0.2) is 8.78 Å². The van der Waals surface area contributed by atoms with Gasteiger partial charge in [0.2, 0.25) is 0 Å². The first-order valence-corrected chi connectivity index (χ1v) is 5.51. The molecular weight excluding hydrogens is 230 g/mol. The highest BCUT2D eigenvalue weighted by atomic mass is 32.1. The molecule has 4 heteroatoms. The van der Waals surface area contributed by atoms with E-state index in [2.05, 4.69) is 0 Å². The third-order valence-corrected chi connectivity index (χ3v) is 3.03. The van der Waals surface area contributed by atoms with Gasteiger partial charge >= 0.3 is 0 Å². The molecule has 0 amide bonds. The molecule has 1 aromatic heterocycles. The van der Waals surface area contributed by atoms with Gasteiger partial charge in [0.1, 0.15) is 11.6 Å². The third-order valence-electron chi connectivity index (χ3n) is 2.17. The molecule has 0 atom stereocenters. The summed E-state index contributed by atoms with van der Waals surface area (Å²) in [5, 5.41) is 1.67. The number of thiophene rings is 1. The van der Waals surface area contributed by atoms with Crippen molar-refractivity contribution in [2.45, 2.75) is 6.92 Å². The van der Waals surface area contributed by atoms with Crippen LogP contribution in [0.25, 0.3) is 0 Å². The van der Waals surface area contributed by atoms with Crippen LogP contribution in [0, 0.1) is 18.6 Å². The van der Waals surface area contributed by atoms with Crippen LogP contribution >= 0.6 is 11.3 Å². The first-order chi connectivity index (χ1) is 7.58. The zero-order valence-corrected chi connectivity index (χ0v) is 9.28. The number of ketones is 1. The van der Waals surface area contributed by atoms with Gasteiger partial charge in [-0.3, -0.25) is 4.79 Å². The highest BCUT2D eigenvalue weighted by molar-refractivity contribution is 7.10. The van der Waals surface area contributed by atoms with Gasteiger partial charge in [-0.2, -0.15) is 0 Å². The van der Waals surface area contributed by atoms with Crippen LogP contribution in [0.15, 0.2) is 29.6 Å². The minimum absolute atomic E-state index is 0.0980. The molecule has 1 heterocycles. The summed E-state index contributed by atoms with van der Waals surface area (Å²) in [5.41, 5.74) is 0.340. The fourth-order valence-electron chi connectivity index (χ4n) is 1.39. The highest BCUT2D eigenvalue weighted by Crippen LogP contribution is 2.19. The largest absolute Gasteiger partial charge is 0.288 e. The second-order valence-electron chi connectivity index (χ2n) is 3.40. The summed E-state index contributed by atoms with van der Waals surface area (Å²) in [6.45, 7) is 1.86. The fourth-order valence-corrected chi connectivity index (χ4v) is 2.07. The number of hydrogen-bond acceptors (Lipinski definition) is 2. The van der Waals surface area contributed by atoms with Crippen molar-refractivity contribution >= 4 is 17.1 Å². The molecule has 0 aliphatic rings. The lowest BCUT2D eigenvalue weighted by atomic mass is 10.1. The zero-order valence-electron chi connectivity index (χ0n) is 8.46. The van der Waals surface area contributed by atoms with Crippen molar-refractivity contribution in [3.05, 3.63) is 57.3 Å². The summed E-state index contributed by atoms with van der Waals surface area (Å²) >= 11 is 1.42. The normalized spacial score (nSPS) is 10.4. The zero-order chi connectivity index (χ0) is 11.7. The van der Waals surface area contributed by atoms with E-state index in [1.54, 1.807) is 11.4 Å². The Morgan fingerprint density at radius 1 is 1.25 bits per heavy atom. The molecule has 0 saturated carbocycles. The Morgan fingerprint density at radius 3 is 2.56 bits per heavy atom. The van der Waals surface area contributed by atoms with Gasteiger partial charge in [-0.1, -0.05) is 0 Å². The Bertz CT molecular complexity index is 546. The maximum Gasteiger partial charge on any atom is 0.196 e.